The Morgan fingerprint density at radius 2 is 2.08 bits per heavy atom. The zero-order chi connectivity index (χ0) is 10.4. The number of hydrogen-bond acceptors (Lipinski definition) is 4. The lowest BCUT2D eigenvalue weighted by Gasteiger charge is -2.12. The third-order valence-corrected chi connectivity index (χ3v) is 1.61. The van der Waals surface area contributed by atoms with E-state index in [1.165, 1.54) is 0 Å². The summed E-state index contributed by atoms with van der Waals surface area (Å²) in [5.41, 5.74) is 5.24. The molecule has 2 atom stereocenters. The maximum Gasteiger partial charge on any atom is 0.320 e. The second kappa shape index (κ2) is 5.53. The van der Waals surface area contributed by atoms with Gasteiger partial charge in [0, 0.05) is 0 Å². The van der Waals surface area contributed by atoms with Crippen molar-refractivity contribution in [1.82, 2.24) is 0 Å². The van der Waals surface area contributed by atoms with Crippen molar-refractivity contribution >= 4 is 11.9 Å². The lowest BCUT2D eigenvalue weighted by molar-refractivity contribution is -0.148. The van der Waals surface area contributed by atoms with Crippen molar-refractivity contribution in [1.29, 1.82) is 0 Å². The molecule has 0 aromatic heterocycles. The van der Waals surface area contributed by atoms with Crippen LogP contribution in [0.2, 0.25) is 0 Å². The molecular formula is C8H15NO4. The van der Waals surface area contributed by atoms with Gasteiger partial charge in [0.1, 0.15) is 6.04 Å². The van der Waals surface area contributed by atoms with Crippen molar-refractivity contribution in [3.05, 3.63) is 0 Å². The van der Waals surface area contributed by atoms with Crippen LogP contribution in [0.4, 0.5) is 0 Å². The molecule has 0 aliphatic carbocycles. The highest BCUT2D eigenvalue weighted by Crippen LogP contribution is 2.06. The molecule has 0 bridgehead atoms. The molecule has 3 N–H and O–H groups in total. The molecule has 5 heteroatoms. The Morgan fingerprint density at radius 3 is 2.46 bits per heavy atom. The van der Waals surface area contributed by atoms with Crippen molar-refractivity contribution in [2.75, 3.05) is 6.61 Å². The third kappa shape index (κ3) is 4.47. The van der Waals surface area contributed by atoms with E-state index in [0.29, 0.717) is 6.61 Å². The summed E-state index contributed by atoms with van der Waals surface area (Å²) < 4.78 is 4.70. The lowest BCUT2D eigenvalue weighted by atomic mass is 10.0. The molecular weight excluding hydrogens is 174 g/mol. The van der Waals surface area contributed by atoms with E-state index in [1.54, 1.807) is 13.8 Å². The molecule has 0 amide bonds. The van der Waals surface area contributed by atoms with E-state index >= 15 is 0 Å². The number of hydrogen-bond donors (Lipinski definition) is 2. The first kappa shape index (κ1) is 11.9. The van der Waals surface area contributed by atoms with Crippen LogP contribution in [-0.4, -0.2) is 29.7 Å². The Labute approximate surface area is 76.9 Å². The van der Waals surface area contributed by atoms with Crippen LogP contribution in [0, 0.1) is 5.92 Å². The fourth-order valence-corrected chi connectivity index (χ4v) is 0.862. The number of carbonyl (C=O) groups is 2. The number of nitrogens with two attached hydrogens (primary N) is 1. The lowest BCUT2D eigenvalue weighted by Crippen LogP contribution is -2.34. The molecule has 5 nitrogen and oxygen atoms in total. The van der Waals surface area contributed by atoms with Crippen LogP contribution in [0.3, 0.4) is 0 Å². The largest absolute Gasteiger partial charge is 0.480 e. The molecule has 0 saturated carbocycles. The highest BCUT2D eigenvalue weighted by molar-refractivity contribution is 5.76. The molecule has 0 aliphatic rings. The second-order valence-electron chi connectivity index (χ2n) is 2.83. The first-order chi connectivity index (χ1) is 5.99. The molecule has 0 aromatic rings. The standard InChI is InChI=1S/C8H15NO4/c1-3-13-8(12)5(2)4-6(9)7(10)11/h5-6H,3-4,9H2,1-2H3,(H,10,11)/t5-,6-/m0/s1. The van der Waals surface area contributed by atoms with Gasteiger partial charge in [-0.15, -0.1) is 0 Å². The highest BCUT2D eigenvalue weighted by Gasteiger charge is 2.21. The molecule has 13 heavy (non-hydrogen) atoms. The quantitative estimate of drug-likeness (QED) is 0.593. The summed E-state index contributed by atoms with van der Waals surface area (Å²) in [6.07, 6.45) is 0.105. The van der Waals surface area contributed by atoms with Gasteiger partial charge in [0.25, 0.3) is 0 Å². The predicted molar refractivity (Wildman–Crippen MR) is 46.0 cm³/mol. The van der Waals surface area contributed by atoms with Gasteiger partial charge in [-0.25, -0.2) is 0 Å². The van der Waals surface area contributed by atoms with Gasteiger partial charge in [-0.1, -0.05) is 6.92 Å². The maximum absolute atomic E-state index is 11.0. The average Bonchev–Trinajstić information content (AvgIpc) is 2.04. The Bertz CT molecular complexity index is 193. The maximum atomic E-state index is 11.0. The fourth-order valence-electron chi connectivity index (χ4n) is 0.862. The summed E-state index contributed by atoms with van der Waals surface area (Å²) in [6.45, 7) is 3.59. The Hall–Kier alpha value is -1.10. The van der Waals surface area contributed by atoms with Gasteiger partial charge in [0.2, 0.25) is 0 Å². The van der Waals surface area contributed by atoms with Crippen LogP contribution in [0.25, 0.3) is 0 Å². The molecule has 0 heterocycles. The minimum absolute atomic E-state index is 0.105. The number of ether oxygens (including phenoxy) is 1. The van der Waals surface area contributed by atoms with E-state index in [2.05, 4.69) is 0 Å². The highest BCUT2D eigenvalue weighted by atomic mass is 16.5. The molecule has 0 aliphatic heterocycles. The minimum atomic E-state index is -1.10. The van der Waals surface area contributed by atoms with Crippen LogP contribution in [0.15, 0.2) is 0 Å². The second-order valence-corrected chi connectivity index (χ2v) is 2.83. The van der Waals surface area contributed by atoms with Gasteiger partial charge in [-0.3, -0.25) is 9.59 Å². The molecule has 0 aromatic carbocycles. The van der Waals surface area contributed by atoms with Gasteiger partial charge in [-0.2, -0.15) is 0 Å². The van der Waals surface area contributed by atoms with Crippen LogP contribution in [0.5, 0.6) is 0 Å². The van der Waals surface area contributed by atoms with Crippen molar-refractivity contribution in [3.63, 3.8) is 0 Å². The topological polar surface area (TPSA) is 89.6 Å². The van der Waals surface area contributed by atoms with Crippen LogP contribution in [-0.2, 0) is 14.3 Å². The van der Waals surface area contributed by atoms with E-state index in [9.17, 15) is 9.59 Å². The van der Waals surface area contributed by atoms with E-state index < -0.39 is 23.9 Å². The number of carbonyl (C=O) groups excluding carboxylic acids is 1. The van der Waals surface area contributed by atoms with Gasteiger partial charge in [-0.05, 0) is 13.3 Å². The van der Waals surface area contributed by atoms with Gasteiger partial charge >= 0.3 is 11.9 Å². The van der Waals surface area contributed by atoms with Crippen LogP contribution >= 0.6 is 0 Å². The number of rotatable bonds is 5. The normalized spacial score (nSPS) is 14.7. The number of esters is 1. The summed E-state index contributed by atoms with van der Waals surface area (Å²) in [6, 6.07) is -1.00. The van der Waals surface area contributed by atoms with Gasteiger partial charge in [0.15, 0.2) is 0 Å². The van der Waals surface area contributed by atoms with E-state index in [4.69, 9.17) is 15.6 Å². The smallest absolute Gasteiger partial charge is 0.320 e. The van der Waals surface area contributed by atoms with Crippen LogP contribution < -0.4 is 5.73 Å². The molecule has 0 radical (unpaired) electrons. The van der Waals surface area contributed by atoms with Gasteiger partial charge < -0.3 is 15.6 Å². The number of carboxylic acids is 1. The summed E-state index contributed by atoms with van der Waals surface area (Å²) in [7, 11) is 0. The zero-order valence-electron chi connectivity index (χ0n) is 7.82. The molecule has 0 rings (SSSR count). The number of carboxylic acid groups (broad SMARTS) is 1. The summed E-state index contributed by atoms with van der Waals surface area (Å²) in [4.78, 5) is 21.4. The first-order valence-corrected chi connectivity index (χ1v) is 4.14. The van der Waals surface area contributed by atoms with Crippen LogP contribution in [0.1, 0.15) is 20.3 Å². The molecule has 0 unspecified atom stereocenters. The van der Waals surface area contributed by atoms with Gasteiger partial charge in [0.05, 0.1) is 12.5 Å². The van der Waals surface area contributed by atoms with Crippen molar-refractivity contribution in [2.24, 2.45) is 11.7 Å². The van der Waals surface area contributed by atoms with E-state index in [0.717, 1.165) is 0 Å². The number of aliphatic carboxylic acids is 1. The fraction of sp³-hybridized carbons (Fsp3) is 0.750. The first-order valence-electron chi connectivity index (χ1n) is 4.14. The summed E-state index contributed by atoms with van der Waals surface area (Å²) in [5.74, 6) is -1.97. The van der Waals surface area contributed by atoms with Crippen molar-refractivity contribution in [2.45, 2.75) is 26.3 Å². The minimum Gasteiger partial charge on any atom is -0.480 e. The zero-order valence-corrected chi connectivity index (χ0v) is 7.82. The Morgan fingerprint density at radius 1 is 1.54 bits per heavy atom. The van der Waals surface area contributed by atoms with E-state index in [1.807, 2.05) is 0 Å². The molecule has 0 fully saturated rings. The monoisotopic (exact) mass is 189 g/mol. The molecule has 0 spiro atoms. The molecule has 0 saturated heterocycles. The SMILES string of the molecule is CCOC(=O)[C@@H](C)C[C@H](N)C(=O)O. The molecule has 76 valence electrons. The van der Waals surface area contributed by atoms with Crippen molar-refractivity contribution in [3.8, 4) is 0 Å². The summed E-state index contributed by atoms with van der Waals surface area (Å²) >= 11 is 0. The third-order valence-electron chi connectivity index (χ3n) is 1.61. The average molecular weight is 189 g/mol. The predicted octanol–water partition coefficient (Wildman–Crippen LogP) is -0.0124. The Balaban J connectivity index is 3.92. The van der Waals surface area contributed by atoms with Crippen molar-refractivity contribution < 1.29 is 19.4 Å². The Kier molecular flexibility index (Phi) is 5.06. The van der Waals surface area contributed by atoms with E-state index in [-0.39, 0.29) is 6.42 Å². The summed E-state index contributed by atoms with van der Waals surface area (Å²) in [5, 5.41) is 8.47.